The molecule has 134 valence electrons. The Morgan fingerprint density at radius 2 is 1.96 bits per heavy atom. The molecule has 5 rings (SSSR count). The van der Waals surface area contributed by atoms with Gasteiger partial charge >= 0.3 is 0 Å². The Hall–Kier alpha value is -3.28. The van der Waals surface area contributed by atoms with E-state index >= 15 is 0 Å². The second kappa shape index (κ2) is 6.46. The van der Waals surface area contributed by atoms with Crippen LogP contribution >= 0.6 is 0 Å². The summed E-state index contributed by atoms with van der Waals surface area (Å²) in [6.45, 7) is 0.753. The minimum atomic E-state index is -0.0298. The molecule has 4 heterocycles. The van der Waals surface area contributed by atoms with Crippen molar-refractivity contribution < 1.29 is 4.79 Å². The summed E-state index contributed by atoms with van der Waals surface area (Å²) in [5.41, 5.74) is 1.78. The van der Waals surface area contributed by atoms with Crippen molar-refractivity contribution in [2.45, 2.75) is 25.3 Å². The van der Waals surface area contributed by atoms with Crippen LogP contribution in [-0.4, -0.2) is 36.9 Å². The van der Waals surface area contributed by atoms with E-state index in [0.29, 0.717) is 6.42 Å². The SMILES string of the molecule is O=C(Cc1cncc2ccccc12)N1CCC[C@H]1c1nnc2ccccn12. The molecule has 1 amide bonds. The van der Waals surface area contributed by atoms with Crippen molar-refractivity contribution in [1.29, 1.82) is 0 Å². The van der Waals surface area contributed by atoms with Crippen molar-refractivity contribution in [2.75, 3.05) is 6.54 Å². The molecule has 1 aliphatic rings. The van der Waals surface area contributed by atoms with Crippen LogP contribution in [-0.2, 0) is 11.2 Å². The molecule has 1 aliphatic heterocycles. The number of benzene rings is 1. The maximum atomic E-state index is 13.1. The van der Waals surface area contributed by atoms with Crippen LogP contribution in [0, 0.1) is 0 Å². The Balaban J connectivity index is 1.45. The van der Waals surface area contributed by atoms with Crippen LogP contribution in [0.25, 0.3) is 16.4 Å². The monoisotopic (exact) mass is 357 g/mol. The van der Waals surface area contributed by atoms with Gasteiger partial charge < -0.3 is 4.90 Å². The third-order valence-electron chi connectivity index (χ3n) is 5.30. The Kier molecular flexibility index (Phi) is 3.81. The van der Waals surface area contributed by atoms with Gasteiger partial charge in [0.1, 0.15) is 0 Å². The highest BCUT2D eigenvalue weighted by Gasteiger charge is 2.33. The van der Waals surface area contributed by atoms with Crippen LogP contribution in [0.15, 0.2) is 61.1 Å². The average molecular weight is 357 g/mol. The second-order valence-electron chi connectivity index (χ2n) is 6.93. The summed E-state index contributed by atoms with van der Waals surface area (Å²) in [6, 6.07) is 13.9. The third kappa shape index (κ3) is 2.73. The first-order valence-electron chi connectivity index (χ1n) is 9.22. The zero-order chi connectivity index (χ0) is 18.2. The number of carbonyl (C=O) groups is 1. The third-order valence-corrected chi connectivity index (χ3v) is 5.30. The number of pyridine rings is 2. The minimum absolute atomic E-state index is 0.0298. The fourth-order valence-electron chi connectivity index (χ4n) is 4.01. The number of fused-ring (bicyclic) bond motifs is 2. The minimum Gasteiger partial charge on any atom is -0.332 e. The standard InChI is InChI=1S/C21H19N5O/c27-20(12-16-14-22-13-15-6-1-2-7-17(15)16)25-11-5-8-18(25)21-24-23-19-9-3-4-10-26(19)21/h1-4,6-7,9-10,13-14,18H,5,8,11-12H2/t18-/m0/s1. The predicted octanol–water partition coefficient (Wildman–Crippen LogP) is 3.18. The highest BCUT2D eigenvalue weighted by Crippen LogP contribution is 2.32. The highest BCUT2D eigenvalue weighted by molar-refractivity contribution is 5.89. The van der Waals surface area contributed by atoms with Gasteiger partial charge in [0, 0.05) is 30.5 Å². The molecule has 1 fully saturated rings. The summed E-state index contributed by atoms with van der Waals surface area (Å²) in [7, 11) is 0. The molecule has 6 heteroatoms. The van der Waals surface area contributed by atoms with Crippen LogP contribution < -0.4 is 0 Å². The Labute approximate surface area is 156 Å². The van der Waals surface area contributed by atoms with Crippen LogP contribution in [0.2, 0.25) is 0 Å². The van der Waals surface area contributed by atoms with Crippen molar-refractivity contribution >= 4 is 22.3 Å². The number of carbonyl (C=O) groups excluding carboxylic acids is 1. The lowest BCUT2D eigenvalue weighted by atomic mass is 10.0. The average Bonchev–Trinajstić information content (AvgIpc) is 3.35. The van der Waals surface area contributed by atoms with E-state index in [1.807, 2.05) is 64.2 Å². The van der Waals surface area contributed by atoms with E-state index in [0.717, 1.165) is 47.2 Å². The Morgan fingerprint density at radius 3 is 2.93 bits per heavy atom. The Bertz CT molecular complexity index is 1130. The molecule has 0 N–H and O–H groups in total. The first-order valence-corrected chi connectivity index (χ1v) is 9.22. The van der Waals surface area contributed by atoms with E-state index in [-0.39, 0.29) is 11.9 Å². The van der Waals surface area contributed by atoms with Gasteiger partial charge in [0.2, 0.25) is 5.91 Å². The number of amides is 1. The highest BCUT2D eigenvalue weighted by atomic mass is 16.2. The van der Waals surface area contributed by atoms with E-state index < -0.39 is 0 Å². The number of hydrogen-bond donors (Lipinski definition) is 0. The fourth-order valence-corrected chi connectivity index (χ4v) is 4.01. The van der Waals surface area contributed by atoms with Gasteiger partial charge in [-0.15, -0.1) is 10.2 Å². The lowest BCUT2D eigenvalue weighted by Gasteiger charge is -2.23. The molecule has 0 saturated carbocycles. The van der Waals surface area contributed by atoms with Crippen molar-refractivity contribution in [2.24, 2.45) is 0 Å². The van der Waals surface area contributed by atoms with Gasteiger partial charge in [0.15, 0.2) is 11.5 Å². The normalized spacial score (nSPS) is 17.0. The van der Waals surface area contributed by atoms with Gasteiger partial charge in [-0.2, -0.15) is 0 Å². The summed E-state index contributed by atoms with van der Waals surface area (Å²) in [5, 5.41) is 10.8. The van der Waals surface area contributed by atoms with Gasteiger partial charge in [-0.25, -0.2) is 0 Å². The largest absolute Gasteiger partial charge is 0.332 e. The quantitative estimate of drug-likeness (QED) is 0.565. The molecule has 6 nitrogen and oxygen atoms in total. The molecule has 0 bridgehead atoms. The molecule has 0 spiro atoms. The van der Waals surface area contributed by atoms with Gasteiger partial charge in [-0.05, 0) is 35.9 Å². The molecule has 27 heavy (non-hydrogen) atoms. The summed E-state index contributed by atoms with van der Waals surface area (Å²) >= 11 is 0. The summed E-state index contributed by atoms with van der Waals surface area (Å²) in [4.78, 5) is 19.4. The van der Waals surface area contributed by atoms with Gasteiger partial charge in [0.25, 0.3) is 0 Å². The Morgan fingerprint density at radius 1 is 1.07 bits per heavy atom. The maximum absolute atomic E-state index is 13.1. The van der Waals surface area contributed by atoms with Crippen molar-refractivity contribution in [3.05, 3.63) is 72.4 Å². The van der Waals surface area contributed by atoms with Crippen molar-refractivity contribution in [3.63, 3.8) is 0 Å². The van der Waals surface area contributed by atoms with Crippen LogP contribution in [0.5, 0.6) is 0 Å². The molecule has 1 aromatic carbocycles. The summed E-state index contributed by atoms with van der Waals surface area (Å²) < 4.78 is 1.98. The molecule has 1 saturated heterocycles. The smallest absolute Gasteiger partial charge is 0.227 e. The molecule has 0 unspecified atom stereocenters. The number of rotatable bonds is 3. The first-order chi connectivity index (χ1) is 13.3. The van der Waals surface area contributed by atoms with Crippen molar-refractivity contribution in [1.82, 2.24) is 24.5 Å². The van der Waals surface area contributed by atoms with E-state index in [1.54, 1.807) is 6.20 Å². The molecule has 3 aromatic heterocycles. The van der Waals surface area contributed by atoms with Gasteiger partial charge in [0.05, 0.1) is 12.5 Å². The summed E-state index contributed by atoms with van der Waals surface area (Å²) in [6.07, 6.45) is 7.84. The van der Waals surface area contributed by atoms with Gasteiger partial charge in [-0.1, -0.05) is 30.3 Å². The lowest BCUT2D eigenvalue weighted by Crippen LogP contribution is -2.32. The number of hydrogen-bond acceptors (Lipinski definition) is 4. The number of nitrogens with zero attached hydrogens (tertiary/aromatic N) is 5. The molecular weight excluding hydrogens is 338 g/mol. The second-order valence-corrected chi connectivity index (χ2v) is 6.93. The predicted molar refractivity (Wildman–Crippen MR) is 102 cm³/mol. The van der Waals surface area contributed by atoms with E-state index in [2.05, 4.69) is 15.2 Å². The van der Waals surface area contributed by atoms with Crippen LogP contribution in [0.3, 0.4) is 0 Å². The van der Waals surface area contributed by atoms with E-state index in [9.17, 15) is 4.79 Å². The lowest BCUT2D eigenvalue weighted by molar-refractivity contribution is -0.131. The van der Waals surface area contributed by atoms with E-state index in [4.69, 9.17) is 0 Å². The van der Waals surface area contributed by atoms with Crippen LogP contribution in [0.1, 0.15) is 30.3 Å². The van der Waals surface area contributed by atoms with E-state index in [1.165, 1.54) is 0 Å². The van der Waals surface area contributed by atoms with Crippen LogP contribution in [0.4, 0.5) is 0 Å². The molecule has 0 aliphatic carbocycles. The molecular formula is C21H19N5O. The fraction of sp³-hybridized carbons (Fsp3) is 0.238. The zero-order valence-electron chi connectivity index (χ0n) is 14.8. The summed E-state index contributed by atoms with van der Waals surface area (Å²) in [5.74, 6) is 0.954. The molecule has 4 aromatic rings. The maximum Gasteiger partial charge on any atom is 0.227 e. The van der Waals surface area contributed by atoms with Crippen molar-refractivity contribution in [3.8, 4) is 0 Å². The van der Waals surface area contributed by atoms with Gasteiger partial charge in [-0.3, -0.25) is 14.2 Å². The topological polar surface area (TPSA) is 63.4 Å². The first kappa shape index (κ1) is 15.9. The number of likely N-dealkylation sites (tertiary alicyclic amines) is 1. The molecule has 1 atom stereocenters. The zero-order valence-corrected chi connectivity index (χ0v) is 14.8. The number of aromatic nitrogens is 4. The molecule has 0 radical (unpaired) electrons.